The van der Waals surface area contributed by atoms with Crippen LogP contribution in [0.2, 0.25) is 0 Å². The summed E-state index contributed by atoms with van der Waals surface area (Å²) in [5.74, 6) is -3.05. The fourth-order valence-corrected chi connectivity index (χ4v) is 7.21. The van der Waals surface area contributed by atoms with Crippen molar-refractivity contribution >= 4 is 45.4 Å². The number of aliphatic carboxylic acids is 3. The number of nitrogens with zero attached hydrogens (tertiary/aromatic N) is 5. The van der Waals surface area contributed by atoms with Crippen LogP contribution in [-0.2, 0) is 32.3 Å². The molecule has 0 radical (unpaired) electrons. The first kappa shape index (κ1) is 35.0. The third kappa shape index (κ3) is 8.45. The fraction of sp³-hybridized carbons (Fsp3) is 0.368. The van der Waals surface area contributed by atoms with Crippen LogP contribution in [0.25, 0.3) is 32.7 Å². The van der Waals surface area contributed by atoms with Gasteiger partial charge < -0.3 is 20.2 Å². The number of amides is 1. The van der Waals surface area contributed by atoms with Gasteiger partial charge in [0, 0.05) is 65.4 Å². The molecule has 0 saturated carbocycles. The van der Waals surface area contributed by atoms with Crippen molar-refractivity contribution in [3.8, 4) is 11.1 Å². The quantitative estimate of drug-likeness (QED) is 0.253. The van der Waals surface area contributed by atoms with Gasteiger partial charge in [-0.05, 0) is 43.8 Å². The lowest BCUT2D eigenvalue weighted by atomic mass is 9.88. The van der Waals surface area contributed by atoms with E-state index in [2.05, 4.69) is 48.5 Å². The Bertz CT molecular complexity index is 1780. The molecule has 0 atom stereocenters. The molecule has 0 unspecified atom stereocenters. The van der Waals surface area contributed by atoms with Gasteiger partial charge in [0.15, 0.2) is 0 Å². The lowest BCUT2D eigenvalue weighted by Crippen LogP contribution is -2.50. The van der Waals surface area contributed by atoms with Crippen molar-refractivity contribution in [2.75, 3.05) is 78.5 Å². The van der Waals surface area contributed by atoms with E-state index in [1.54, 1.807) is 14.7 Å². The standard InChI is InChI=1S/C38H43N5O7/c44-33(23-39-13-15-40(24-34(45)46)17-19-42(26-36(49)50)20-18-41(16-14-39)25-35(47)48)43-21-29-11-9-27-5-1-3-7-31(27)37(29)38-30(22-43)12-10-28-6-2-4-8-32(28)38/h1-12H,13-26H2,(H,45,46)(H,47,48)(H,49,50). The van der Waals surface area contributed by atoms with Gasteiger partial charge in [-0.1, -0.05) is 72.8 Å². The van der Waals surface area contributed by atoms with E-state index in [0.29, 0.717) is 65.4 Å². The van der Waals surface area contributed by atoms with E-state index < -0.39 is 17.9 Å². The summed E-state index contributed by atoms with van der Waals surface area (Å²) in [5.41, 5.74) is 4.41. The number of hydrogen-bond acceptors (Lipinski definition) is 8. The third-order valence-electron chi connectivity index (χ3n) is 9.72. The smallest absolute Gasteiger partial charge is 0.317 e. The molecule has 0 aromatic heterocycles. The summed E-state index contributed by atoms with van der Waals surface area (Å²) < 4.78 is 0. The molecule has 0 spiro atoms. The molecule has 1 saturated heterocycles. The molecule has 2 heterocycles. The molecule has 6 rings (SSSR count). The van der Waals surface area contributed by atoms with Gasteiger partial charge in [-0.15, -0.1) is 0 Å². The van der Waals surface area contributed by atoms with Crippen molar-refractivity contribution in [3.05, 3.63) is 83.9 Å². The highest BCUT2D eigenvalue weighted by Crippen LogP contribution is 2.42. The van der Waals surface area contributed by atoms with E-state index in [0.717, 1.165) is 43.8 Å². The van der Waals surface area contributed by atoms with Crippen molar-refractivity contribution in [2.45, 2.75) is 13.1 Å². The SMILES string of the molecule is O=C(O)CN1CCN(CC(=O)O)CCN(CC(=O)N2Cc3ccc4ccccc4c3-c3c(ccc4ccccc34)C2)CCN(CC(=O)O)CC1. The summed E-state index contributed by atoms with van der Waals surface area (Å²) in [6, 6.07) is 25.1. The van der Waals surface area contributed by atoms with Gasteiger partial charge in [0.2, 0.25) is 5.91 Å². The first-order valence-corrected chi connectivity index (χ1v) is 17.0. The Balaban J connectivity index is 1.28. The zero-order valence-electron chi connectivity index (χ0n) is 28.0. The zero-order valence-corrected chi connectivity index (χ0v) is 28.0. The van der Waals surface area contributed by atoms with Crippen LogP contribution in [0.5, 0.6) is 0 Å². The summed E-state index contributed by atoms with van der Waals surface area (Å²) in [6.45, 7) is 3.02. The molecule has 3 N–H and O–H groups in total. The Hall–Kier alpha value is -4.88. The predicted octanol–water partition coefficient (Wildman–Crippen LogP) is 2.98. The van der Waals surface area contributed by atoms with Gasteiger partial charge in [-0.3, -0.25) is 38.8 Å². The minimum Gasteiger partial charge on any atom is -0.480 e. The van der Waals surface area contributed by atoms with E-state index in [1.165, 1.54) is 0 Å². The Kier molecular flexibility index (Phi) is 11.0. The van der Waals surface area contributed by atoms with Crippen LogP contribution in [0.1, 0.15) is 11.1 Å². The second-order valence-corrected chi connectivity index (χ2v) is 13.2. The molecule has 2 aliphatic heterocycles. The summed E-state index contributed by atoms with van der Waals surface area (Å²) in [5, 5.41) is 33.2. The highest BCUT2D eigenvalue weighted by Gasteiger charge is 2.28. The molecule has 4 aromatic carbocycles. The van der Waals surface area contributed by atoms with E-state index in [9.17, 15) is 34.5 Å². The average molecular weight is 682 g/mol. The van der Waals surface area contributed by atoms with Crippen LogP contribution < -0.4 is 0 Å². The minimum absolute atomic E-state index is 0.0700. The largest absolute Gasteiger partial charge is 0.480 e. The molecule has 1 fully saturated rings. The van der Waals surface area contributed by atoms with Gasteiger partial charge in [0.05, 0.1) is 26.2 Å². The average Bonchev–Trinajstić information content (AvgIpc) is 3.26. The van der Waals surface area contributed by atoms with Crippen LogP contribution in [0.4, 0.5) is 0 Å². The second-order valence-electron chi connectivity index (χ2n) is 13.2. The number of carbonyl (C=O) groups is 4. The topological polar surface area (TPSA) is 145 Å². The summed E-state index contributed by atoms with van der Waals surface area (Å²) >= 11 is 0. The fourth-order valence-electron chi connectivity index (χ4n) is 7.21. The molecule has 4 aromatic rings. The van der Waals surface area contributed by atoms with E-state index in [1.807, 2.05) is 34.1 Å². The maximum Gasteiger partial charge on any atom is 0.317 e. The Morgan fingerprint density at radius 1 is 0.460 bits per heavy atom. The number of benzene rings is 4. The monoisotopic (exact) mass is 681 g/mol. The van der Waals surface area contributed by atoms with Gasteiger partial charge in [0.25, 0.3) is 0 Å². The number of carbonyl (C=O) groups excluding carboxylic acids is 1. The van der Waals surface area contributed by atoms with E-state index in [-0.39, 0.29) is 32.1 Å². The first-order valence-electron chi connectivity index (χ1n) is 17.0. The first-order chi connectivity index (χ1) is 24.1. The van der Waals surface area contributed by atoms with Crippen LogP contribution in [0, 0.1) is 0 Å². The van der Waals surface area contributed by atoms with Crippen molar-refractivity contribution in [1.82, 2.24) is 24.5 Å². The summed E-state index contributed by atoms with van der Waals surface area (Å²) in [4.78, 5) is 58.4. The van der Waals surface area contributed by atoms with Crippen LogP contribution in [0.15, 0.2) is 72.8 Å². The Morgan fingerprint density at radius 3 is 1.16 bits per heavy atom. The Labute approximate surface area is 290 Å². The van der Waals surface area contributed by atoms with Crippen LogP contribution in [0.3, 0.4) is 0 Å². The number of rotatable bonds is 8. The van der Waals surface area contributed by atoms with E-state index in [4.69, 9.17) is 0 Å². The van der Waals surface area contributed by atoms with Gasteiger partial charge in [0.1, 0.15) is 0 Å². The van der Waals surface area contributed by atoms with E-state index >= 15 is 0 Å². The maximum absolute atomic E-state index is 14.3. The van der Waals surface area contributed by atoms with Gasteiger partial charge >= 0.3 is 17.9 Å². The third-order valence-corrected chi connectivity index (χ3v) is 9.72. The minimum atomic E-state index is -1.00. The zero-order chi connectivity index (χ0) is 35.2. The molecule has 2 aliphatic rings. The lowest BCUT2D eigenvalue weighted by molar-refractivity contribution is -0.140. The molecular weight excluding hydrogens is 638 g/mol. The van der Waals surface area contributed by atoms with Crippen molar-refractivity contribution in [1.29, 1.82) is 0 Å². The van der Waals surface area contributed by atoms with Gasteiger partial charge in [-0.25, -0.2) is 0 Å². The molecule has 1 amide bonds. The van der Waals surface area contributed by atoms with Crippen molar-refractivity contribution < 1.29 is 34.5 Å². The van der Waals surface area contributed by atoms with Crippen LogP contribution in [-0.4, -0.2) is 142 Å². The molecule has 50 heavy (non-hydrogen) atoms. The molecule has 12 heteroatoms. The number of hydrogen-bond donors (Lipinski definition) is 3. The molecule has 0 bridgehead atoms. The highest BCUT2D eigenvalue weighted by atomic mass is 16.4. The molecule has 0 aliphatic carbocycles. The molecular formula is C38H43N5O7. The van der Waals surface area contributed by atoms with Gasteiger partial charge in [-0.2, -0.15) is 0 Å². The normalized spacial score (nSPS) is 17.3. The number of carboxylic acids is 3. The second kappa shape index (κ2) is 15.8. The molecule has 262 valence electrons. The van der Waals surface area contributed by atoms with Crippen LogP contribution >= 0.6 is 0 Å². The number of carboxylic acid groups (broad SMARTS) is 3. The highest BCUT2D eigenvalue weighted by molar-refractivity contribution is 6.08. The lowest BCUT2D eigenvalue weighted by Gasteiger charge is -2.33. The summed E-state index contributed by atoms with van der Waals surface area (Å²) in [7, 11) is 0. The predicted molar refractivity (Wildman–Crippen MR) is 190 cm³/mol. The van der Waals surface area contributed by atoms with Crippen molar-refractivity contribution in [2.24, 2.45) is 0 Å². The Morgan fingerprint density at radius 2 is 0.800 bits per heavy atom. The number of fused-ring (bicyclic) bond motifs is 7. The summed E-state index contributed by atoms with van der Waals surface area (Å²) in [6.07, 6.45) is 0. The molecule has 12 nitrogen and oxygen atoms in total. The maximum atomic E-state index is 14.3. The van der Waals surface area contributed by atoms with Crippen molar-refractivity contribution in [3.63, 3.8) is 0 Å².